The van der Waals surface area contributed by atoms with E-state index in [1.807, 2.05) is 12.1 Å². The molecule has 0 fully saturated rings. The largest absolute Gasteiger partial charge is 0.449 e. The van der Waals surface area contributed by atoms with Crippen molar-refractivity contribution in [2.75, 3.05) is 0 Å². The lowest BCUT2D eigenvalue weighted by Gasteiger charge is -2.10. The molecule has 0 aliphatic rings. The van der Waals surface area contributed by atoms with Crippen LogP contribution in [0.15, 0.2) is 54.7 Å². The summed E-state index contributed by atoms with van der Waals surface area (Å²) >= 11 is 0. The Morgan fingerprint density at radius 3 is 2.48 bits per heavy atom. The van der Waals surface area contributed by atoms with Crippen molar-refractivity contribution in [3.05, 3.63) is 66.1 Å². The molecule has 0 atom stereocenters. The number of benzene rings is 2. The van der Waals surface area contributed by atoms with Gasteiger partial charge >= 0.3 is 6.18 Å². The molecule has 4 aromatic rings. The first-order chi connectivity index (χ1) is 13.9. The maximum atomic E-state index is 13.5. The molecule has 0 amide bonds. The second-order valence-corrected chi connectivity index (χ2v) is 6.59. The molecule has 2 heterocycles. The van der Waals surface area contributed by atoms with Crippen LogP contribution in [0.1, 0.15) is 22.6 Å². The topological polar surface area (TPSA) is 63.6 Å². The molecule has 0 spiro atoms. The van der Waals surface area contributed by atoms with E-state index in [0.29, 0.717) is 17.5 Å². The normalized spacial score (nSPS) is 11.8. The Hall–Kier alpha value is -3.60. The van der Waals surface area contributed by atoms with Gasteiger partial charge in [0.25, 0.3) is 0 Å². The van der Waals surface area contributed by atoms with Gasteiger partial charge in [-0.25, -0.2) is 4.98 Å². The average Bonchev–Trinajstić information content (AvgIpc) is 3.25. The van der Waals surface area contributed by atoms with Crippen LogP contribution < -0.4 is 0 Å². The summed E-state index contributed by atoms with van der Waals surface area (Å²) in [6, 6.07) is 15.4. The first-order valence-electron chi connectivity index (χ1n) is 8.90. The number of fused-ring (bicyclic) bond motifs is 2. The highest BCUT2D eigenvalue weighted by atomic mass is 19.4. The number of ketones is 1. The van der Waals surface area contributed by atoms with E-state index in [4.69, 9.17) is 5.26 Å². The van der Waals surface area contributed by atoms with Crippen molar-refractivity contribution < 1.29 is 18.0 Å². The molecule has 2 aromatic heterocycles. The van der Waals surface area contributed by atoms with Crippen molar-refractivity contribution >= 4 is 27.7 Å². The number of para-hydroxylation sites is 3. The lowest BCUT2D eigenvalue weighted by atomic mass is 10.1. The van der Waals surface area contributed by atoms with Crippen molar-refractivity contribution in [2.24, 2.45) is 0 Å². The zero-order valence-electron chi connectivity index (χ0n) is 15.1. The summed E-state index contributed by atoms with van der Waals surface area (Å²) in [6.07, 6.45) is -2.81. The summed E-state index contributed by atoms with van der Waals surface area (Å²) in [5.74, 6) is -1.55. The van der Waals surface area contributed by atoms with Gasteiger partial charge in [0.2, 0.25) is 5.82 Å². The van der Waals surface area contributed by atoms with E-state index in [1.54, 1.807) is 35.0 Å². The quantitative estimate of drug-likeness (QED) is 0.455. The number of alkyl halides is 3. The van der Waals surface area contributed by atoms with Gasteiger partial charge < -0.3 is 9.13 Å². The third kappa shape index (κ3) is 3.36. The van der Waals surface area contributed by atoms with Crippen LogP contribution in [0.25, 0.3) is 21.9 Å². The van der Waals surface area contributed by atoms with Crippen LogP contribution in [0.5, 0.6) is 0 Å². The first-order valence-corrected chi connectivity index (χ1v) is 8.90. The van der Waals surface area contributed by atoms with Crippen molar-refractivity contribution in [3.63, 3.8) is 0 Å². The Morgan fingerprint density at radius 2 is 1.76 bits per heavy atom. The number of hydrogen-bond donors (Lipinski definition) is 0. The second kappa shape index (κ2) is 7.09. The van der Waals surface area contributed by atoms with Crippen molar-refractivity contribution in [2.45, 2.75) is 25.7 Å². The number of nitriles is 1. The van der Waals surface area contributed by atoms with E-state index in [9.17, 15) is 18.0 Å². The third-order valence-electron chi connectivity index (χ3n) is 4.76. The van der Waals surface area contributed by atoms with Crippen LogP contribution >= 0.6 is 0 Å². The van der Waals surface area contributed by atoms with E-state index < -0.39 is 24.3 Å². The Kier molecular flexibility index (Phi) is 4.59. The van der Waals surface area contributed by atoms with Crippen LogP contribution in [0.3, 0.4) is 0 Å². The summed E-state index contributed by atoms with van der Waals surface area (Å²) in [4.78, 5) is 16.7. The van der Waals surface area contributed by atoms with Crippen LogP contribution in [-0.2, 0) is 19.3 Å². The molecule has 146 valence electrons. The fourth-order valence-electron chi connectivity index (χ4n) is 3.51. The van der Waals surface area contributed by atoms with E-state index in [2.05, 4.69) is 11.1 Å². The zero-order valence-corrected chi connectivity index (χ0v) is 15.1. The van der Waals surface area contributed by atoms with E-state index in [1.165, 1.54) is 12.1 Å². The smallest absolute Gasteiger partial charge is 0.346 e. The molecule has 4 rings (SSSR count). The van der Waals surface area contributed by atoms with Gasteiger partial charge in [0, 0.05) is 29.2 Å². The number of halogens is 3. The molecule has 0 aliphatic heterocycles. The molecule has 8 heteroatoms. The van der Waals surface area contributed by atoms with E-state index in [-0.39, 0.29) is 17.5 Å². The summed E-state index contributed by atoms with van der Waals surface area (Å²) in [5.41, 5.74) is 1.52. The number of carbonyl (C=O) groups excluding carboxylic acids is 1. The second-order valence-electron chi connectivity index (χ2n) is 6.59. The summed E-state index contributed by atoms with van der Waals surface area (Å²) < 4.78 is 43.2. The highest BCUT2D eigenvalue weighted by Crippen LogP contribution is 2.32. The van der Waals surface area contributed by atoms with Gasteiger partial charge in [-0.15, -0.1) is 0 Å². The van der Waals surface area contributed by atoms with Crippen molar-refractivity contribution in [1.29, 1.82) is 5.26 Å². The fourth-order valence-corrected chi connectivity index (χ4v) is 3.51. The maximum absolute atomic E-state index is 13.5. The number of carbonyl (C=O) groups is 1. The van der Waals surface area contributed by atoms with Gasteiger partial charge in [0.15, 0.2) is 5.78 Å². The van der Waals surface area contributed by atoms with Crippen molar-refractivity contribution in [1.82, 2.24) is 14.1 Å². The molecule has 29 heavy (non-hydrogen) atoms. The highest BCUT2D eigenvalue weighted by molar-refractivity contribution is 6.08. The fraction of sp³-hybridized carbons (Fsp3) is 0.190. The maximum Gasteiger partial charge on any atom is 0.449 e. The molecule has 0 N–H and O–H groups in total. The minimum absolute atomic E-state index is 0.184. The lowest BCUT2D eigenvalue weighted by Crippen LogP contribution is -2.19. The Morgan fingerprint density at radius 1 is 1.07 bits per heavy atom. The molecule has 0 saturated carbocycles. The molecular weight excluding hydrogens is 381 g/mol. The van der Waals surface area contributed by atoms with Crippen LogP contribution in [0.4, 0.5) is 13.2 Å². The van der Waals surface area contributed by atoms with Crippen molar-refractivity contribution in [3.8, 4) is 6.07 Å². The minimum Gasteiger partial charge on any atom is -0.346 e. The predicted molar refractivity (Wildman–Crippen MR) is 101 cm³/mol. The van der Waals surface area contributed by atoms with Gasteiger partial charge in [-0.3, -0.25) is 4.79 Å². The molecular formula is C21H15F3N4O. The first kappa shape index (κ1) is 18.7. The minimum atomic E-state index is -4.68. The van der Waals surface area contributed by atoms with Crippen LogP contribution in [-0.4, -0.2) is 19.9 Å². The zero-order chi connectivity index (χ0) is 20.6. The number of aromatic nitrogens is 3. The van der Waals surface area contributed by atoms with Gasteiger partial charge in [-0.1, -0.05) is 30.3 Å². The SMILES string of the molecule is N#CCCn1cc(C(=O)Cn2c(C(F)(F)F)nc3ccccc32)c2ccccc21. The Labute approximate surface area is 163 Å². The van der Waals surface area contributed by atoms with Gasteiger partial charge in [-0.2, -0.15) is 18.4 Å². The Bertz CT molecular complexity index is 1260. The monoisotopic (exact) mass is 396 g/mol. The highest BCUT2D eigenvalue weighted by Gasteiger charge is 2.38. The Balaban J connectivity index is 1.79. The molecule has 0 unspecified atom stereocenters. The third-order valence-corrected chi connectivity index (χ3v) is 4.76. The number of Topliss-reactive ketones (excluding diaryl/α,β-unsaturated/α-hetero) is 1. The lowest BCUT2D eigenvalue weighted by molar-refractivity contribution is -0.146. The molecule has 0 aliphatic carbocycles. The summed E-state index contributed by atoms with van der Waals surface area (Å²) in [7, 11) is 0. The summed E-state index contributed by atoms with van der Waals surface area (Å²) in [5, 5.41) is 9.49. The molecule has 0 radical (unpaired) electrons. The molecule has 2 aromatic carbocycles. The molecule has 0 saturated heterocycles. The van der Waals surface area contributed by atoms with Crippen LogP contribution in [0, 0.1) is 11.3 Å². The van der Waals surface area contributed by atoms with Gasteiger partial charge in [0.1, 0.15) is 0 Å². The van der Waals surface area contributed by atoms with E-state index in [0.717, 1.165) is 10.1 Å². The number of imidazole rings is 1. The van der Waals surface area contributed by atoms with Crippen LogP contribution in [0.2, 0.25) is 0 Å². The average molecular weight is 396 g/mol. The number of aryl methyl sites for hydroxylation is 1. The van der Waals surface area contributed by atoms with Gasteiger partial charge in [0.05, 0.1) is 30.1 Å². The number of rotatable bonds is 5. The number of hydrogen-bond acceptors (Lipinski definition) is 3. The number of nitrogens with zero attached hydrogens (tertiary/aromatic N) is 4. The predicted octanol–water partition coefficient (Wildman–Crippen LogP) is 4.81. The van der Waals surface area contributed by atoms with E-state index >= 15 is 0 Å². The summed E-state index contributed by atoms with van der Waals surface area (Å²) in [6.45, 7) is -0.0896. The molecule has 0 bridgehead atoms. The standard InChI is InChI=1S/C21H15F3N4O/c22-21(23,24)20-26-16-7-2-4-9-18(16)28(20)13-19(29)15-12-27(11-5-10-25)17-8-3-1-6-14(15)17/h1-4,6-9,12H,5,11,13H2. The van der Waals surface area contributed by atoms with Gasteiger partial charge in [-0.05, 0) is 18.2 Å². The molecule has 5 nitrogen and oxygen atoms in total.